The van der Waals surface area contributed by atoms with E-state index in [9.17, 15) is 10.1 Å². The molecule has 1 rings (SSSR count). The number of nitro groups is 1. The van der Waals surface area contributed by atoms with Crippen LogP contribution in [0.3, 0.4) is 0 Å². The zero-order valence-corrected chi connectivity index (χ0v) is 8.68. The average Bonchev–Trinajstić information content (AvgIpc) is 2.59. The maximum atomic E-state index is 10.5. The number of aliphatic hydroxyl groups is 2. The van der Waals surface area contributed by atoms with E-state index in [-0.39, 0.29) is 10.8 Å². The summed E-state index contributed by atoms with van der Waals surface area (Å²) in [5.41, 5.74) is -1.46. The van der Waals surface area contributed by atoms with Gasteiger partial charge in [-0.15, -0.1) is 0 Å². The van der Waals surface area contributed by atoms with Gasteiger partial charge < -0.3 is 10.2 Å². The standard InChI is InChI=1S/C7H10ClN3O4/c1-7(3-12,4-13)10-2-5(11(14)15)6(8)9-10/h2,12-13H,3-4H2,1H3. The third-order valence-corrected chi connectivity index (χ3v) is 2.35. The number of rotatable bonds is 4. The highest BCUT2D eigenvalue weighted by molar-refractivity contribution is 6.31. The van der Waals surface area contributed by atoms with Gasteiger partial charge in [0.05, 0.1) is 18.1 Å². The molecule has 0 saturated heterocycles. The van der Waals surface area contributed by atoms with Gasteiger partial charge in [0.2, 0.25) is 5.15 Å². The van der Waals surface area contributed by atoms with E-state index in [1.54, 1.807) is 0 Å². The van der Waals surface area contributed by atoms with E-state index in [4.69, 9.17) is 21.8 Å². The SMILES string of the molecule is CC(CO)(CO)n1cc([N+](=O)[O-])c(Cl)n1. The lowest BCUT2D eigenvalue weighted by atomic mass is 10.1. The number of aromatic nitrogens is 2. The Morgan fingerprint density at radius 3 is 2.53 bits per heavy atom. The van der Waals surface area contributed by atoms with E-state index >= 15 is 0 Å². The summed E-state index contributed by atoms with van der Waals surface area (Å²) >= 11 is 5.52. The van der Waals surface area contributed by atoms with E-state index in [1.165, 1.54) is 6.92 Å². The van der Waals surface area contributed by atoms with Crippen molar-refractivity contribution >= 4 is 17.3 Å². The molecule has 0 radical (unpaired) electrons. The zero-order valence-electron chi connectivity index (χ0n) is 7.92. The highest BCUT2D eigenvalue weighted by Gasteiger charge is 2.29. The topological polar surface area (TPSA) is 101 Å². The molecule has 0 amide bonds. The second-order valence-corrected chi connectivity index (χ2v) is 3.68. The second kappa shape index (κ2) is 4.13. The molecular weight excluding hydrogens is 226 g/mol. The lowest BCUT2D eigenvalue weighted by molar-refractivity contribution is -0.384. The Bertz CT molecular complexity index is 374. The summed E-state index contributed by atoms with van der Waals surface area (Å²) in [4.78, 5) is 9.80. The molecule has 0 aliphatic heterocycles. The van der Waals surface area contributed by atoms with Gasteiger partial charge in [-0.25, -0.2) is 0 Å². The monoisotopic (exact) mass is 235 g/mol. The molecule has 0 aliphatic carbocycles. The predicted octanol–water partition coefficient (Wildman–Crippen LogP) is 0.144. The summed E-state index contributed by atoms with van der Waals surface area (Å²) < 4.78 is 1.09. The molecular formula is C7H10ClN3O4. The molecule has 0 saturated carbocycles. The van der Waals surface area contributed by atoms with Crippen molar-refractivity contribution in [2.45, 2.75) is 12.5 Å². The summed E-state index contributed by atoms with van der Waals surface area (Å²) in [7, 11) is 0. The van der Waals surface area contributed by atoms with Crippen LogP contribution in [0.2, 0.25) is 5.15 Å². The van der Waals surface area contributed by atoms with Crippen molar-refractivity contribution in [1.82, 2.24) is 9.78 Å². The number of aliphatic hydroxyl groups excluding tert-OH is 2. The van der Waals surface area contributed by atoms with Gasteiger partial charge in [-0.1, -0.05) is 11.6 Å². The lowest BCUT2D eigenvalue weighted by Gasteiger charge is -2.24. The number of hydrogen-bond donors (Lipinski definition) is 2. The molecule has 0 aromatic carbocycles. The van der Waals surface area contributed by atoms with Crippen molar-refractivity contribution in [2.75, 3.05) is 13.2 Å². The fourth-order valence-corrected chi connectivity index (χ4v) is 1.14. The molecule has 1 heterocycles. The van der Waals surface area contributed by atoms with Gasteiger partial charge in [0.1, 0.15) is 11.7 Å². The Morgan fingerprint density at radius 1 is 1.67 bits per heavy atom. The normalized spacial score (nSPS) is 11.7. The first-order chi connectivity index (χ1) is 6.94. The van der Waals surface area contributed by atoms with Gasteiger partial charge in [-0.2, -0.15) is 5.10 Å². The van der Waals surface area contributed by atoms with Crippen LogP contribution in [0.1, 0.15) is 6.92 Å². The molecule has 0 spiro atoms. The highest BCUT2D eigenvalue weighted by Crippen LogP contribution is 2.25. The summed E-state index contributed by atoms with van der Waals surface area (Å²) in [6, 6.07) is 0. The maximum Gasteiger partial charge on any atom is 0.325 e. The van der Waals surface area contributed by atoms with Crippen LogP contribution < -0.4 is 0 Å². The molecule has 0 bridgehead atoms. The fourth-order valence-electron chi connectivity index (χ4n) is 0.938. The Balaban J connectivity index is 3.17. The minimum absolute atomic E-state index is 0.270. The second-order valence-electron chi connectivity index (χ2n) is 3.32. The van der Waals surface area contributed by atoms with Crippen LogP contribution in [0.25, 0.3) is 0 Å². The molecule has 0 aliphatic rings. The van der Waals surface area contributed by atoms with Gasteiger partial charge in [0.15, 0.2) is 0 Å². The number of nitrogens with zero attached hydrogens (tertiary/aromatic N) is 3. The molecule has 1 aromatic rings. The summed E-state index contributed by atoms with van der Waals surface area (Å²) in [6.07, 6.45) is 1.08. The molecule has 1 aromatic heterocycles. The molecule has 84 valence electrons. The van der Waals surface area contributed by atoms with Crippen molar-refractivity contribution in [3.8, 4) is 0 Å². The smallest absolute Gasteiger partial charge is 0.325 e. The van der Waals surface area contributed by atoms with Crippen LogP contribution in [-0.4, -0.2) is 38.1 Å². The zero-order chi connectivity index (χ0) is 11.6. The quantitative estimate of drug-likeness (QED) is 0.571. The molecule has 2 N–H and O–H groups in total. The van der Waals surface area contributed by atoms with E-state index in [2.05, 4.69) is 5.10 Å². The van der Waals surface area contributed by atoms with E-state index in [0.717, 1.165) is 10.9 Å². The first-order valence-electron chi connectivity index (χ1n) is 4.06. The molecule has 8 heteroatoms. The third kappa shape index (κ3) is 2.09. The Morgan fingerprint density at radius 2 is 2.20 bits per heavy atom. The van der Waals surface area contributed by atoms with E-state index in [0.29, 0.717) is 0 Å². The van der Waals surface area contributed by atoms with Gasteiger partial charge in [-0.3, -0.25) is 14.8 Å². The van der Waals surface area contributed by atoms with Gasteiger partial charge in [0.25, 0.3) is 0 Å². The van der Waals surface area contributed by atoms with Crippen molar-refractivity contribution in [3.05, 3.63) is 21.5 Å². The molecule has 15 heavy (non-hydrogen) atoms. The summed E-state index contributed by atoms with van der Waals surface area (Å²) in [6.45, 7) is 0.692. The maximum absolute atomic E-state index is 10.5. The lowest BCUT2D eigenvalue weighted by Crippen LogP contribution is -2.38. The first kappa shape index (κ1) is 11.9. The van der Waals surface area contributed by atoms with Gasteiger partial charge in [-0.05, 0) is 6.92 Å². The number of halogens is 1. The van der Waals surface area contributed by atoms with Gasteiger partial charge >= 0.3 is 5.69 Å². The van der Waals surface area contributed by atoms with Gasteiger partial charge in [0, 0.05) is 0 Å². The van der Waals surface area contributed by atoms with Crippen LogP contribution in [0.4, 0.5) is 5.69 Å². The largest absolute Gasteiger partial charge is 0.394 e. The Kier molecular flexibility index (Phi) is 3.28. The Labute approximate surface area is 90.0 Å². The van der Waals surface area contributed by atoms with E-state index < -0.39 is 23.7 Å². The highest BCUT2D eigenvalue weighted by atomic mass is 35.5. The fraction of sp³-hybridized carbons (Fsp3) is 0.571. The van der Waals surface area contributed by atoms with Crippen LogP contribution in [0.5, 0.6) is 0 Å². The summed E-state index contributed by atoms with van der Waals surface area (Å²) in [5, 5.41) is 32.0. The number of hydrogen-bond acceptors (Lipinski definition) is 5. The Hall–Kier alpha value is -1.18. The molecule has 0 unspecified atom stereocenters. The molecule has 0 fully saturated rings. The van der Waals surface area contributed by atoms with E-state index in [1.807, 2.05) is 0 Å². The third-order valence-electron chi connectivity index (χ3n) is 2.08. The predicted molar refractivity (Wildman–Crippen MR) is 51.7 cm³/mol. The first-order valence-corrected chi connectivity index (χ1v) is 4.44. The summed E-state index contributed by atoms with van der Waals surface area (Å²) in [5.74, 6) is 0. The van der Waals surface area contributed by atoms with Crippen LogP contribution in [-0.2, 0) is 5.54 Å². The van der Waals surface area contributed by atoms with Crippen LogP contribution in [0, 0.1) is 10.1 Å². The van der Waals surface area contributed by atoms with Crippen molar-refractivity contribution in [2.24, 2.45) is 0 Å². The molecule has 0 atom stereocenters. The van der Waals surface area contributed by atoms with Crippen LogP contribution >= 0.6 is 11.6 Å². The minimum Gasteiger partial charge on any atom is -0.394 e. The molecule has 7 nitrogen and oxygen atoms in total. The average molecular weight is 236 g/mol. The minimum atomic E-state index is -1.10. The van der Waals surface area contributed by atoms with Crippen molar-refractivity contribution in [1.29, 1.82) is 0 Å². The van der Waals surface area contributed by atoms with Crippen molar-refractivity contribution in [3.63, 3.8) is 0 Å². The van der Waals surface area contributed by atoms with Crippen molar-refractivity contribution < 1.29 is 15.1 Å². The van der Waals surface area contributed by atoms with Crippen LogP contribution in [0.15, 0.2) is 6.20 Å².